The van der Waals surface area contributed by atoms with Gasteiger partial charge in [0.25, 0.3) is 5.95 Å². The molecule has 0 spiro atoms. The van der Waals surface area contributed by atoms with Crippen LogP contribution in [0.25, 0.3) is 39.6 Å². The van der Waals surface area contributed by atoms with E-state index in [1.807, 2.05) is 26.4 Å². The van der Waals surface area contributed by atoms with Crippen molar-refractivity contribution in [2.75, 3.05) is 44.9 Å². The van der Waals surface area contributed by atoms with Crippen molar-refractivity contribution in [3.05, 3.63) is 66.5 Å². The first-order valence-electron chi connectivity index (χ1n) is 12.6. The van der Waals surface area contributed by atoms with E-state index in [0.717, 1.165) is 46.6 Å². The first kappa shape index (κ1) is 23.2. The standard InChI is InChI=1S/C28H31N9/c1-35(2)21-7-4-19(5-8-21)23-10-13-30-28(33-23)37-17-22(26(29)34-37)27-31-24-9-6-20(16-25(24)32-27)18-11-14-36(3)15-12-18/h4-10,13,16-18H,11-12,14-15H2,1-3H3,(H2,29,34)(H,31,32). The Morgan fingerprint density at radius 2 is 1.78 bits per heavy atom. The number of aromatic nitrogens is 6. The fourth-order valence-electron chi connectivity index (χ4n) is 4.97. The normalized spacial score (nSPS) is 14.9. The first-order valence-corrected chi connectivity index (χ1v) is 12.6. The van der Waals surface area contributed by atoms with Crippen LogP contribution in [0.2, 0.25) is 0 Å². The molecule has 6 rings (SSSR count). The van der Waals surface area contributed by atoms with E-state index < -0.39 is 0 Å². The number of hydrogen-bond acceptors (Lipinski definition) is 7. The van der Waals surface area contributed by atoms with Crippen LogP contribution in [-0.2, 0) is 0 Å². The molecular formula is C28H31N9. The molecule has 3 N–H and O–H groups in total. The molecule has 3 aromatic heterocycles. The van der Waals surface area contributed by atoms with Crippen molar-refractivity contribution in [1.82, 2.24) is 34.6 Å². The van der Waals surface area contributed by atoms with Gasteiger partial charge < -0.3 is 20.5 Å². The van der Waals surface area contributed by atoms with Gasteiger partial charge in [-0.2, -0.15) is 0 Å². The third-order valence-corrected chi connectivity index (χ3v) is 7.22. The summed E-state index contributed by atoms with van der Waals surface area (Å²) in [5, 5.41) is 4.50. The molecule has 1 saturated heterocycles. The SMILES string of the molecule is CN1CCC(c2ccc3nc(-c4cn(-c5nccc(-c6ccc(N(C)C)cc6)n5)nc4N)[nH]c3c2)CC1. The Labute approximate surface area is 216 Å². The van der Waals surface area contributed by atoms with Gasteiger partial charge in [0, 0.05) is 37.7 Å². The summed E-state index contributed by atoms with van der Waals surface area (Å²) in [7, 11) is 6.23. The Kier molecular flexibility index (Phi) is 5.84. The second kappa shape index (κ2) is 9.33. The van der Waals surface area contributed by atoms with E-state index in [9.17, 15) is 0 Å². The highest BCUT2D eigenvalue weighted by molar-refractivity contribution is 5.82. The monoisotopic (exact) mass is 493 g/mol. The maximum absolute atomic E-state index is 6.33. The number of likely N-dealkylation sites (tertiary alicyclic amines) is 1. The lowest BCUT2D eigenvalue weighted by molar-refractivity contribution is 0.255. The van der Waals surface area contributed by atoms with E-state index >= 15 is 0 Å². The number of benzene rings is 2. The summed E-state index contributed by atoms with van der Waals surface area (Å²) in [4.78, 5) is 21.9. The molecule has 0 aliphatic carbocycles. The molecule has 0 atom stereocenters. The van der Waals surface area contributed by atoms with E-state index in [4.69, 9.17) is 15.7 Å². The smallest absolute Gasteiger partial charge is 0.251 e. The van der Waals surface area contributed by atoms with Crippen molar-refractivity contribution in [3.63, 3.8) is 0 Å². The summed E-state index contributed by atoms with van der Waals surface area (Å²) < 4.78 is 1.61. The van der Waals surface area contributed by atoms with E-state index in [2.05, 4.69) is 74.4 Å². The first-order chi connectivity index (χ1) is 17.9. The topological polar surface area (TPSA) is 105 Å². The number of nitrogens with one attached hydrogen (secondary N) is 1. The average molecular weight is 494 g/mol. The highest BCUT2D eigenvalue weighted by atomic mass is 15.4. The van der Waals surface area contributed by atoms with Crippen molar-refractivity contribution >= 4 is 22.5 Å². The number of nitrogens with zero attached hydrogens (tertiary/aromatic N) is 7. The lowest BCUT2D eigenvalue weighted by Gasteiger charge is -2.29. The van der Waals surface area contributed by atoms with Crippen LogP contribution in [0.15, 0.2) is 60.9 Å². The van der Waals surface area contributed by atoms with Crippen LogP contribution in [0, 0.1) is 0 Å². The van der Waals surface area contributed by atoms with Crippen molar-refractivity contribution in [3.8, 4) is 28.6 Å². The Morgan fingerprint density at radius 1 is 1.00 bits per heavy atom. The fourth-order valence-corrected chi connectivity index (χ4v) is 4.97. The van der Waals surface area contributed by atoms with Crippen LogP contribution >= 0.6 is 0 Å². The molecule has 4 heterocycles. The number of imidazole rings is 1. The van der Waals surface area contributed by atoms with Gasteiger partial charge in [0.2, 0.25) is 0 Å². The van der Waals surface area contributed by atoms with Gasteiger partial charge in [-0.25, -0.2) is 19.6 Å². The van der Waals surface area contributed by atoms with Gasteiger partial charge in [0.05, 0.1) is 22.3 Å². The number of piperidine rings is 1. The number of nitrogens with two attached hydrogens (primary N) is 1. The number of hydrogen-bond donors (Lipinski definition) is 2. The van der Waals surface area contributed by atoms with Crippen LogP contribution < -0.4 is 10.6 Å². The second-order valence-electron chi connectivity index (χ2n) is 10.00. The van der Waals surface area contributed by atoms with E-state index in [1.165, 1.54) is 18.4 Å². The lowest BCUT2D eigenvalue weighted by Crippen LogP contribution is -2.29. The van der Waals surface area contributed by atoms with Crippen molar-refractivity contribution in [2.45, 2.75) is 18.8 Å². The van der Waals surface area contributed by atoms with E-state index in [1.54, 1.807) is 10.9 Å². The lowest BCUT2D eigenvalue weighted by atomic mass is 9.89. The molecule has 188 valence electrons. The minimum Gasteiger partial charge on any atom is -0.382 e. The Balaban J connectivity index is 1.28. The third-order valence-electron chi connectivity index (χ3n) is 7.22. The minimum absolute atomic E-state index is 0.374. The van der Waals surface area contributed by atoms with Crippen molar-refractivity contribution < 1.29 is 0 Å². The zero-order valence-electron chi connectivity index (χ0n) is 21.4. The third kappa shape index (κ3) is 4.53. The number of H-pyrrole nitrogens is 1. The molecular weight excluding hydrogens is 462 g/mol. The van der Waals surface area contributed by atoms with Crippen molar-refractivity contribution in [2.24, 2.45) is 0 Å². The molecule has 37 heavy (non-hydrogen) atoms. The summed E-state index contributed by atoms with van der Waals surface area (Å²) in [6.45, 7) is 2.27. The van der Waals surface area contributed by atoms with Crippen LogP contribution in [0.3, 0.4) is 0 Å². The quantitative estimate of drug-likeness (QED) is 0.375. The second-order valence-corrected chi connectivity index (χ2v) is 10.00. The van der Waals surface area contributed by atoms with Gasteiger partial charge in [0.1, 0.15) is 5.82 Å². The molecule has 1 aliphatic heterocycles. The number of anilines is 2. The van der Waals surface area contributed by atoms with Crippen LogP contribution in [0.5, 0.6) is 0 Å². The zero-order valence-corrected chi connectivity index (χ0v) is 21.4. The van der Waals surface area contributed by atoms with Gasteiger partial charge in [-0.05, 0) is 74.8 Å². The van der Waals surface area contributed by atoms with Gasteiger partial charge in [0.15, 0.2) is 5.82 Å². The summed E-state index contributed by atoms with van der Waals surface area (Å²) in [6, 6.07) is 16.7. The molecule has 0 radical (unpaired) electrons. The number of aromatic amines is 1. The molecule has 9 heteroatoms. The molecule has 9 nitrogen and oxygen atoms in total. The molecule has 2 aromatic carbocycles. The largest absolute Gasteiger partial charge is 0.382 e. The molecule has 0 amide bonds. The Hall–Kier alpha value is -4.24. The Bertz CT molecular complexity index is 1540. The van der Waals surface area contributed by atoms with E-state index in [-0.39, 0.29) is 0 Å². The van der Waals surface area contributed by atoms with Crippen LogP contribution in [0.1, 0.15) is 24.3 Å². The maximum atomic E-state index is 6.33. The van der Waals surface area contributed by atoms with Gasteiger partial charge >= 0.3 is 0 Å². The molecule has 1 aliphatic rings. The predicted octanol–water partition coefficient (Wildman–Crippen LogP) is 4.33. The van der Waals surface area contributed by atoms with Gasteiger partial charge in [-0.15, -0.1) is 5.10 Å². The number of fused-ring (bicyclic) bond motifs is 1. The minimum atomic E-state index is 0.374. The highest BCUT2D eigenvalue weighted by Gasteiger charge is 2.20. The van der Waals surface area contributed by atoms with E-state index in [0.29, 0.717) is 23.5 Å². The average Bonchev–Trinajstić information content (AvgIpc) is 3.52. The van der Waals surface area contributed by atoms with Crippen LogP contribution in [-0.4, -0.2) is 68.8 Å². The fraction of sp³-hybridized carbons (Fsp3) is 0.286. The molecule has 1 fully saturated rings. The molecule has 5 aromatic rings. The number of nitrogen functional groups attached to an aromatic ring is 1. The zero-order chi connectivity index (χ0) is 25.5. The van der Waals surface area contributed by atoms with Crippen LogP contribution in [0.4, 0.5) is 11.5 Å². The van der Waals surface area contributed by atoms with Crippen molar-refractivity contribution in [1.29, 1.82) is 0 Å². The summed E-state index contributed by atoms with van der Waals surface area (Å²) in [5.41, 5.74) is 13.3. The summed E-state index contributed by atoms with van der Waals surface area (Å²) in [5.74, 6) is 2.10. The molecule has 0 unspecified atom stereocenters. The van der Waals surface area contributed by atoms with Gasteiger partial charge in [-0.1, -0.05) is 18.2 Å². The predicted molar refractivity (Wildman–Crippen MR) is 148 cm³/mol. The molecule has 0 saturated carbocycles. The highest BCUT2D eigenvalue weighted by Crippen LogP contribution is 2.31. The maximum Gasteiger partial charge on any atom is 0.251 e. The number of rotatable bonds is 5. The Morgan fingerprint density at radius 3 is 2.54 bits per heavy atom. The van der Waals surface area contributed by atoms with Gasteiger partial charge in [-0.3, -0.25) is 0 Å². The summed E-state index contributed by atoms with van der Waals surface area (Å²) in [6.07, 6.45) is 5.93. The molecule has 0 bridgehead atoms. The summed E-state index contributed by atoms with van der Waals surface area (Å²) >= 11 is 0.